The molecule has 2 aromatic rings. The summed E-state index contributed by atoms with van der Waals surface area (Å²) in [7, 11) is 3.53. The Morgan fingerprint density at radius 1 is 1.19 bits per heavy atom. The van der Waals surface area contributed by atoms with Crippen molar-refractivity contribution in [2.75, 3.05) is 14.1 Å². The molecular weight excluding hydrogens is 360 g/mol. The molecule has 1 amide bonds. The Hall–Kier alpha value is -2.02. The van der Waals surface area contributed by atoms with Gasteiger partial charge in [-0.15, -0.1) is 10.2 Å². The van der Waals surface area contributed by atoms with Crippen molar-refractivity contribution in [3.63, 3.8) is 0 Å². The van der Waals surface area contributed by atoms with E-state index in [4.69, 9.17) is 4.74 Å². The number of nitrogens with zero attached hydrogens (tertiary/aromatic N) is 4. The number of rotatable bonds is 9. The first-order chi connectivity index (χ1) is 12.8. The Balaban J connectivity index is 2.13. The Labute approximate surface area is 166 Å². The Bertz CT molecular complexity index is 741. The van der Waals surface area contributed by atoms with Crippen LogP contribution in [0.25, 0.3) is 0 Å². The molecule has 27 heavy (non-hydrogen) atoms. The zero-order chi connectivity index (χ0) is 20.0. The van der Waals surface area contributed by atoms with Crippen LogP contribution in [0.3, 0.4) is 0 Å². The van der Waals surface area contributed by atoms with E-state index in [0.717, 1.165) is 29.7 Å². The lowest BCUT2D eigenvalue weighted by Crippen LogP contribution is -2.30. The predicted octanol–water partition coefficient (Wildman–Crippen LogP) is 3.64. The summed E-state index contributed by atoms with van der Waals surface area (Å²) in [5.41, 5.74) is 1.28. The molecule has 0 bridgehead atoms. The second-order valence-electron chi connectivity index (χ2n) is 7.18. The highest BCUT2D eigenvalue weighted by Gasteiger charge is 2.22. The van der Waals surface area contributed by atoms with Crippen molar-refractivity contribution >= 4 is 17.7 Å². The first-order valence-corrected chi connectivity index (χ1v) is 10.2. The van der Waals surface area contributed by atoms with Gasteiger partial charge < -0.3 is 14.2 Å². The minimum atomic E-state index is -0.217. The molecular formula is C20H30N4O2S. The number of hydrogen-bond donors (Lipinski definition) is 0. The highest BCUT2D eigenvalue weighted by molar-refractivity contribution is 8.00. The van der Waals surface area contributed by atoms with E-state index in [2.05, 4.69) is 47.7 Å². The van der Waals surface area contributed by atoms with Crippen LogP contribution in [0.5, 0.6) is 5.75 Å². The van der Waals surface area contributed by atoms with Crippen LogP contribution in [0.15, 0.2) is 29.4 Å². The number of hydrogen-bond acceptors (Lipinski definition) is 5. The van der Waals surface area contributed by atoms with Crippen molar-refractivity contribution in [2.24, 2.45) is 5.92 Å². The Morgan fingerprint density at radius 2 is 1.85 bits per heavy atom. The fraction of sp³-hybridized carbons (Fsp3) is 0.550. The largest absolute Gasteiger partial charge is 0.486 e. The third kappa shape index (κ3) is 5.99. The van der Waals surface area contributed by atoms with Gasteiger partial charge in [0.25, 0.3) is 0 Å². The van der Waals surface area contributed by atoms with Gasteiger partial charge >= 0.3 is 0 Å². The van der Waals surface area contributed by atoms with Crippen LogP contribution in [-0.4, -0.2) is 44.9 Å². The molecule has 1 atom stereocenters. The second kappa shape index (κ2) is 9.78. The molecule has 2 rings (SSSR count). The molecule has 7 heteroatoms. The van der Waals surface area contributed by atoms with Crippen LogP contribution in [0, 0.1) is 5.92 Å². The van der Waals surface area contributed by atoms with E-state index in [1.54, 1.807) is 19.0 Å². The van der Waals surface area contributed by atoms with Crippen molar-refractivity contribution in [3.8, 4) is 5.75 Å². The van der Waals surface area contributed by atoms with Crippen molar-refractivity contribution in [3.05, 3.63) is 35.7 Å². The molecule has 0 saturated carbocycles. The number of thioether (sulfide) groups is 1. The molecule has 148 valence electrons. The molecule has 0 spiro atoms. The van der Waals surface area contributed by atoms with Crippen LogP contribution in [0.4, 0.5) is 0 Å². The van der Waals surface area contributed by atoms with Gasteiger partial charge in [0.15, 0.2) is 11.0 Å². The molecule has 1 unspecified atom stereocenters. The second-order valence-corrected chi connectivity index (χ2v) is 8.49. The first-order valence-electron chi connectivity index (χ1n) is 9.33. The quantitative estimate of drug-likeness (QED) is 0.612. The minimum Gasteiger partial charge on any atom is -0.486 e. The molecule has 6 nitrogen and oxygen atoms in total. The maximum atomic E-state index is 12.2. The molecule has 1 aromatic carbocycles. The molecule has 1 heterocycles. The summed E-state index contributed by atoms with van der Waals surface area (Å²) < 4.78 is 7.97. The SMILES string of the molecule is CCc1ccc(OCc2nnc(SC(C)C(=O)N(C)C)n2CC(C)C)cc1. The molecule has 0 radical (unpaired) electrons. The topological polar surface area (TPSA) is 60.3 Å². The lowest BCUT2D eigenvalue weighted by Gasteiger charge is -2.17. The Kier molecular flexibility index (Phi) is 7.71. The van der Waals surface area contributed by atoms with Gasteiger partial charge in [-0.2, -0.15) is 0 Å². The lowest BCUT2D eigenvalue weighted by molar-refractivity contribution is -0.127. The number of ether oxygens (including phenoxy) is 1. The van der Waals surface area contributed by atoms with Crippen LogP contribution in [0.2, 0.25) is 0 Å². The van der Waals surface area contributed by atoms with Gasteiger partial charge in [-0.25, -0.2) is 0 Å². The average molecular weight is 391 g/mol. The average Bonchev–Trinajstić information content (AvgIpc) is 3.00. The van der Waals surface area contributed by atoms with E-state index in [1.807, 2.05) is 19.1 Å². The fourth-order valence-corrected chi connectivity index (χ4v) is 3.63. The third-order valence-corrected chi connectivity index (χ3v) is 5.18. The van der Waals surface area contributed by atoms with Gasteiger partial charge in [0.2, 0.25) is 5.91 Å². The van der Waals surface area contributed by atoms with Crippen LogP contribution in [-0.2, 0) is 24.4 Å². The summed E-state index contributed by atoms with van der Waals surface area (Å²) in [4.78, 5) is 13.8. The number of carbonyl (C=O) groups excluding carboxylic acids is 1. The number of amides is 1. The van der Waals surface area contributed by atoms with E-state index < -0.39 is 0 Å². The summed E-state index contributed by atoms with van der Waals surface area (Å²) in [5, 5.41) is 9.17. The van der Waals surface area contributed by atoms with Gasteiger partial charge in [-0.1, -0.05) is 44.7 Å². The van der Waals surface area contributed by atoms with Gasteiger partial charge in [0, 0.05) is 20.6 Å². The maximum absolute atomic E-state index is 12.2. The minimum absolute atomic E-state index is 0.0629. The molecule has 0 aliphatic heterocycles. The smallest absolute Gasteiger partial charge is 0.235 e. The highest BCUT2D eigenvalue weighted by atomic mass is 32.2. The maximum Gasteiger partial charge on any atom is 0.235 e. The molecule has 0 aliphatic rings. The van der Waals surface area contributed by atoms with Gasteiger partial charge in [0.05, 0.1) is 5.25 Å². The fourth-order valence-electron chi connectivity index (χ4n) is 2.60. The molecule has 0 fully saturated rings. The number of aromatic nitrogens is 3. The standard InChI is InChI=1S/C20H30N4O2S/c1-7-16-8-10-17(11-9-16)26-13-18-21-22-20(24(18)12-14(2)3)27-15(4)19(25)23(5)6/h8-11,14-15H,7,12-13H2,1-6H3. The normalized spacial score (nSPS) is 12.3. The third-order valence-electron chi connectivity index (χ3n) is 4.11. The van der Waals surface area contributed by atoms with Crippen LogP contribution >= 0.6 is 11.8 Å². The summed E-state index contributed by atoms with van der Waals surface area (Å²) in [5.74, 6) is 2.09. The van der Waals surface area contributed by atoms with Gasteiger partial charge in [0.1, 0.15) is 12.4 Å². The highest BCUT2D eigenvalue weighted by Crippen LogP contribution is 2.25. The van der Waals surface area contributed by atoms with E-state index in [1.165, 1.54) is 17.3 Å². The van der Waals surface area contributed by atoms with Crippen molar-refractivity contribution < 1.29 is 9.53 Å². The monoisotopic (exact) mass is 390 g/mol. The molecule has 0 N–H and O–H groups in total. The predicted molar refractivity (Wildman–Crippen MR) is 109 cm³/mol. The van der Waals surface area contributed by atoms with E-state index in [-0.39, 0.29) is 11.2 Å². The molecule has 0 saturated heterocycles. The van der Waals surface area contributed by atoms with Crippen molar-refractivity contribution in [2.45, 2.75) is 57.7 Å². The van der Waals surface area contributed by atoms with Crippen LogP contribution in [0.1, 0.15) is 39.1 Å². The van der Waals surface area contributed by atoms with E-state index in [9.17, 15) is 4.79 Å². The van der Waals surface area contributed by atoms with Crippen molar-refractivity contribution in [1.82, 2.24) is 19.7 Å². The number of benzene rings is 1. The van der Waals surface area contributed by atoms with Gasteiger partial charge in [-0.3, -0.25) is 4.79 Å². The molecule has 1 aromatic heterocycles. The zero-order valence-electron chi connectivity index (χ0n) is 17.1. The number of carbonyl (C=O) groups is 1. The first kappa shape index (κ1) is 21.3. The molecule has 0 aliphatic carbocycles. The van der Waals surface area contributed by atoms with E-state index >= 15 is 0 Å². The van der Waals surface area contributed by atoms with Crippen LogP contribution < -0.4 is 4.74 Å². The lowest BCUT2D eigenvalue weighted by atomic mass is 10.2. The summed E-state index contributed by atoms with van der Waals surface area (Å²) in [6.45, 7) is 9.46. The van der Waals surface area contributed by atoms with Gasteiger partial charge in [-0.05, 0) is 37.0 Å². The summed E-state index contributed by atoms with van der Waals surface area (Å²) >= 11 is 1.44. The summed E-state index contributed by atoms with van der Waals surface area (Å²) in [6, 6.07) is 8.11. The summed E-state index contributed by atoms with van der Waals surface area (Å²) in [6.07, 6.45) is 1.01. The Morgan fingerprint density at radius 3 is 2.41 bits per heavy atom. The zero-order valence-corrected chi connectivity index (χ0v) is 17.9. The number of aryl methyl sites for hydroxylation is 1. The van der Waals surface area contributed by atoms with Crippen molar-refractivity contribution in [1.29, 1.82) is 0 Å². The van der Waals surface area contributed by atoms with E-state index in [0.29, 0.717) is 12.5 Å².